The average Bonchev–Trinajstić information content (AvgIpc) is 3.26. The van der Waals surface area contributed by atoms with Crippen LogP contribution in [0.2, 0.25) is 0 Å². The summed E-state index contributed by atoms with van der Waals surface area (Å²) in [4.78, 5) is 26.2. The maximum absolute atomic E-state index is 13.2. The molecule has 1 amide bonds. The number of aliphatic hydroxyl groups excluding tert-OH is 2. The highest BCUT2D eigenvalue weighted by Gasteiger charge is 2.24. The van der Waals surface area contributed by atoms with Crippen LogP contribution in [-0.4, -0.2) is 46.9 Å². The highest BCUT2D eigenvalue weighted by atomic mass is 16.5. The van der Waals surface area contributed by atoms with Gasteiger partial charge in [0.05, 0.1) is 25.2 Å². The number of amides is 1. The molecular formula is C56H99NO5. The van der Waals surface area contributed by atoms with Gasteiger partial charge in [0.25, 0.3) is 0 Å². The predicted octanol–water partition coefficient (Wildman–Crippen LogP) is 15.8. The Hall–Kier alpha value is -2.70. The van der Waals surface area contributed by atoms with Crippen molar-refractivity contribution in [1.29, 1.82) is 0 Å². The Morgan fingerprint density at radius 2 is 0.887 bits per heavy atom. The van der Waals surface area contributed by atoms with Crippen LogP contribution in [0.15, 0.2) is 72.9 Å². The fraction of sp³-hybridized carbons (Fsp3) is 0.750. The Bertz CT molecular complexity index is 1150. The van der Waals surface area contributed by atoms with Crippen molar-refractivity contribution in [2.45, 2.75) is 264 Å². The maximum Gasteiger partial charge on any atom is 0.306 e. The van der Waals surface area contributed by atoms with Crippen LogP contribution in [0, 0.1) is 0 Å². The van der Waals surface area contributed by atoms with Gasteiger partial charge in [-0.05, 0) is 83.5 Å². The second kappa shape index (κ2) is 49.3. The lowest BCUT2D eigenvalue weighted by Crippen LogP contribution is -2.46. The van der Waals surface area contributed by atoms with E-state index in [1.54, 1.807) is 0 Å². The Morgan fingerprint density at radius 1 is 0.484 bits per heavy atom. The van der Waals surface area contributed by atoms with Gasteiger partial charge in [0.15, 0.2) is 0 Å². The summed E-state index contributed by atoms with van der Waals surface area (Å²) in [6.07, 6.45) is 62.4. The van der Waals surface area contributed by atoms with Gasteiger partial charge < -0.3 is 20.3 Å². The topological polar surface area (TPSA) is 95.9 Å². The normalized spacial score (nSPS) is 13.8. The summed E-state index contributed by atoms with van der Waals surface area (Å²) in [6.45, 7) is 6.39. The molecular weight excluding hydrogens is 767 g/mol. The number of carbonyl (C=O) groups is 2. The van der Waals surface area contributed by atoms with E-state index in [2.05, 4.69) is 92.9 Å². The van der Waals surface area contributed by atoms with Gasteiger partial charge in [-0.1, -0.05) is 222 Å². The molecule has 3 unspecified atom stereocenters. The predicted molar refractivity (Wildman–Crippen MR) is 268 cm³/mol. The lowest BCUT2D eigenvalue weighted by molar-refractivity contribution is -0.151. The van der Waals surface area contributed by atoms with E-state index >= 15 is 0 Å². The number of unbranched alkanes of at least 4 members (excludes halogenated alkanes) is 25. The smallest absolute Gasteiger partial charge is 0.306 e. The molecule has 0 aliphatic carbocycles. The summed E-state index contributed by atoms with van der Waals surface area (Å²) < 4.78 is 5.92. The first-order valence-corrected chi connectivity index (χ1v) is 26.2. The number of allylic oxidation sites excluding steroid dienone is 12. The Morgan fingerprint density at radius 3 is 1.42 bits per heavy atom. The van der Waals surface area contributed by atoms with Crippen molar-refractivity contribution in [3.8, 4) is 0 Å². The fourth-order valence-corrected chi connectivity index (χ4v) is 7.59. The molecule has 0 rings (SSSR count). The van der Waals surface area contributed by atoms with Crippen LogP contribution in [-0.2, 0) is 14.3 Å². The number of aliphatic hydroxyl groups is 2. The monoisotopic (exact) mass is 866 g/mol. The SMILES string of the molecule is CCCCC/C=C\C/C=C\CCCCCCCCCC(=O)OC(CCCCC/C=C/C=C/C=C/C=C/CCCCC)CC(=O)NC(CO)C(O)CCCCCCCCCCCC. The lowest BCUT2D eigenvalue weighted by atomic mass is 10.0. The van der Waals surface area contributed by atoms with Gasteiger partial charge in [0.2, 0.25) is 5.91 Å². The highest BCUT2D eigenvalue weighted by Crippen LogP contribution is 2.17. The van der Waals surface area contributed by atoms with E-state index < -0.39 is 18.2 Å². The summed E-state index contributed by atoms with van der Waals surface area (Å²) in [5.41, 5.74) is 0. The van der Waals surface area contributed by atoms with Crippen molar-refractivity contribution in [3.63, 3.8) is 0 Å². The molecule has 0 aliphatic rings. The molecule has 0 radical (unpaired) electrons. The standard InChI is InChI=1S/C56H99NO5/c1-4-7-10-13-16-19-22-24-26-28-30-32-34-37-40-43-46-49-56(61)62-52(47-44-41-38-35-33-31-29-27-25-23-20-17-14-11-8-5-2)50-55(60)57-53(51-58)54(59)48-45-42-39-36-21-18-15-12-9-6-3/h16-17,19-20,23-27,29,31,33,52-54,58-59H,4-15,18,21-22,28,30,32,34-51H2,1-3H3,(H,57,60)/b19-16-,20-17+,25-23+,26-24-,29-27+,33-31+. The molecule has 0 aromatic heterocycles. The van der Waals surface area contributed by atoms with Crippen molar-refractivity contribution < 1.29 is 24.5 Å². The highest BCUT2D eigenvalue weighted by molar-refractivity contribution is 5.77. The molecule has 62 heavy (non-hydrogen) atoms. The quantitative estimate of drug-likeness (QED) is 0.0245. The second-order valence-corrected chi connectivity index (χ2v) is 17.7. The van der Waals surface area contributed by atoms with Crippen molar-refractivity contribution in [2.75, 3.05) is 6.61 Å². The summed E-state index contributed by atoms with van der Waals surface area (Å²) in [5, 5.41) is 23.7. The van der Waals surface area contributed by atoms with Crippen molar-refractivity contribution in [1.82, 2.24) is 5.32 Å². The van der Waals surface area contributed by atoms with Crippen molar-refractivity contribution in [3.05, 3.63) is 72.9 Å². The molecule has 3 N–H and O–H groups in total. The van der Waals surface area contributed by atoms with Gasteiger partial charge in [0, 0.05) is 6.42 Å². The summed E-state index contributed by atoms with van der Waals surface area (Å²) in [6, 6.07) is -0.718. The first-order chi connectivity index (χ1) is 30.5. The number of rotatable bonds is 46. The van der Waals surface area contributed by atoms with Crippen LogP contribution in [0.25, 0.3) is 0 Å². The van der Waals surface area contributed by atoms with Gasteiger partial charge >= 0.3 is 5.97 Å². The Kier molecular flexibility index (Phi) is 47.2. The molecule has 0 saturated carbocycles. The van der Waals surface area contributed by atoms with Crippen LogP contribution in [0.1, 0.15) is 245 Å². The van der Waals surface area contributed by atoms with E-state index in [1.807, 2.05) is 6.08 Å². The van der Waals surface area contributed by atoms with Crippen LogP contribution in [0.5, 0.6) is 0 Å². The van der Waals surface area contributed by atoms with E-state index in [1.165, 1.54) is 116 Å². The molecule has 0 heterocycles. The van der Waals surface area contributed by atoms with Gasteiger partial charge in [-0.25, -0.2) is 0 Å². The molecule has 0 bridgehead atoms. The largest absolute Gasteiger partial charge is 0.462 e. The van der Waals surface area contributed by atoms with Crippen LogP contribution < -0.4 is 5.32 Å². The Labute approximate surface area is 383 Å². The third-order valence-electron chi connectivity index (χ3n) is 11.6. The molecule has 0 spiro atoms. The van der Waals surface area contributed by atoms with Gasteiger partial charge in [-0.3, -0.25) is 9.59 Å². The molecule has 6 nitrogen and oxygen atoms in total. The molecule has 0 fully saturated rings. The van der Waals surface area contributed by atoms with Gasteiger partial charge in [0.1, 0.15) is 6.10 Å². The number of ether oxygens (including phenoxy) is 1. The molecule has 0 aliphatic heterocycles. The number of hydrogen-bond acceptors (Lipinski definition) is 5. The minimum Gasteiger partial charge on any atom is -0.462 e. The van der Waals surface area contributed by atoms with E-state index in [9.17, 15) is 19.8 Å². The van der Waals surface area contributed by atoms with Crippen LogP contribution in [0.3, 0.4) is 0 Å². The van der Waals surface area contributed by atoms with E-state index in [-0.39, 0.29) is 24.9 Å². The summed E-state index contributed by atoms with van der Waals surface area (Å²) >= 11 is 0. The second-order valence-electron chi connectivity index (χ2n) is 17.7. The van der Waals surface area contributed by atoms with E-state index in [0.717, 1.165) is 83.5 Å². The fourth-order valence-electron chi connectivity index (χ4n) is 7.59. The summed E-state index contributed by atoms with van der Waals surface area (Å²) in [7, 11) is 0. The maximum atomic E-state index is 13.2. The third-order valence-corrected chi connectivity index (χ3v) is 11.6. The van der Waals surface area contributed by atoms with Crippen molar-refractivity contribution in [2.24, 2.45) is 0 Å². The van der Waals surface area contributed by atoms with Crippen LogP contribution in [0.4, 0.5) is 0 Å². The third kappa shape index (κ3) is 43.9. The number of nitrogens with one attached hydrogen (secondary N) is 1. The van der Waals surface area contributed by atoms with E-state index in [4.69, 9.17) is 4.74 Å². The van der Waals surface area contributed by atoms with Gasteiger partial charge in [-0.15, -0.1) is 0 Å². The first-order valence-electron chi connectivity index (χ1n) is 26.2. The zero-order chi connectivity index (χ0) is 45.2. The molecule has 0 aromatic rings. The number of carbonyl (C=O) groups excluding carboxylic acids is 2. The molecule has 6 heteroatoms. The zero-order valence-electron chi connectivity index (χ0n) is 40.7. The minimum absolute atomic E-state index is 0.0459. The molecule has 3 atom stereocenters. The molecule has 0 saturated heterocycles. The molecule has 0 aromatic carbocycles. The van der Waals surface area contributed by atoms with Crippen molar-refractivity contribution >= 4 is 11.9 Å². The number of hydrogen-bond donors (Lipinski definition) is 3. The minimum atomic E-state index is -0.802. The van der Waals surface area contributed by atoms with Gasteiger partial charge in [-0.2, -0.15) is 0 Å². The zero-order valence-corrected chi connectivity index (χ0v) is 40.7. The number of esters is 1. The summed E-state index contributed by atoms with van der Waals surface area (Å²) in [5.74, 6) is -0.522. The first kappa shape index (κ1) is 59.3. The molecule has 358 valence electrons. The average molecular weight is 866 g/mol. The van der Waals surface area contributed by atoms with E-state index in [0.29, 0.717) is 19.3 Å². The Balaban J connectivity index is 4.68. The lowest BCUT2D eigenvalue weighted by Gasteiger charge is -2.24. The van der Waals surface area contributed by atoms with Crippen LogP contribution >= 0.6 is 0 Å².